The van der Waals surface area contributed by atoms with E-state index in [1.807, 2.05) is 24.3 Å². The maximum absolute atomic E-state index is 11.1. The Morgan fingerprint density at radius 2 is 1.84 bits per heavy atom. The van der Waals surface area contributed by atoms with Gasteiger partial charge in [-0.3, -0.25) is 0 Å². The van der Waals surface area contributed by atoms with Gasteiger partial charge in [-0.15, -0.1) is 0 Å². The fourth-order valence-corrected chi connectivity index (χ4v) is 2.55. The average Bonchev–Trinajstić information content (AvgIpc) is 2.81. The molecule has 0 saturated heterocycles. The van der Waals surface area contributed by atoms with E-state index in [0.717, 1.165) is 10.2 Å². The van der Waals surface area contributed by atoms with Crippen LogP contribution < -0.4 is 4.74 Å². The summed E-state index contributed by atoms with van der Waals surface area (Å²) in [6.07, 6.45) is 0. The molecule has 0 unspecified atom stereocenters. The van der Waals surface area contributed by atoms with Gasteiger partial charge in [0.1, 0.15) is 11.3 Å². The number of nitrogens with zero attached hydrogens (tertiary/aromatic N) is 1. The molecule has 0 fully saturated rings. The van der Waals surface area contributed by atoms with E-state index < -0.39 is 5.97 Å². The number of carboxylic acids is 1. The molecule has 0 saturated carbocycles. The van der Waals surface area contributed by atoms with Gasteiger partial charge in [-0.2, -0.15) is 0 Å². The topological polar surface area (TPSA) is 59.4 Å². The quantitative estimate of drug-likeness (QED) is 0.787. The Morgan fingerprint density at radius 1 is 1.11 bits per heavy atom. The summed E-state index contributed by atoms with van der Waals surface area (Å²) in [6, 6.07) is 14.2. The van der Waals surface area contributed by atoms with E-state index in [9.17, 15) is 4.79 Å². The van der Waals surface area contributed by atoms with Crippen molar-refractivity contribution in [1.29, 1.82) is 0 Å². The third-order valence-corrected chi connectivity index (χ3v) is 3.50. The standard InChI is InChI=1S/C14H9NO3S/c16-13(17)9-5-1-3-7-11(9)18-14-15-10-6-2-4-8-12(10)19-14/h1-8H,(H,16,17). The molecular formula is C14H9NO3S. The van der Waals surface area contributed by atoms with E-state index in [-0.39, 0.29) is 5.56 Å². The number of hydrogen-bond donors (Lipinski definition) is 1. The number of aromatic nitrogens is 1. The molecule has 19 heavy (non-hydrogen) atoms. The van der Waals surface area contributed by atoms with Gasteiger partial charge in [0.05, 0.1) is 10.2 Å². The SMILES string of the molecule is O=C(O)c1ccccc1Oc1nc2ccccc2s1. The summed E-state index contributed by atoms with van der Waals surface area (Å²) in [7, 11) is 0. The van der Waals surface area contributed by atoms with Crippen LogP contribution in [0, 0.1) is 0 Å². The molecule has 0 amide bonds. The molecule has 1 aromatic heterocycles. The average molecular weight is 271 g/mol. The number of aromatic carboxylic acids is 1. The van der Waals surface area contributed by atoms with Crippen molar-refractivity contribution in [1.82, 2.24) is 4.98 Å². The highest BCUT2D eigenvalue weighted by atomic mass is 32.1. The van der Waals surface area contributed by atoms with E-state index in [2.05, 4.69) is 4.98 Å². The summed E-state index contributed by atoms with van der Waals surface area (Å²) >= 11 is 1.39. The molecule has 0 aliphatic heterocycles. The maximum atomic E-state index is 11.1. The van der Waals surface area contributed by atoms with E-state index in [1.165, 1.54) is 17.4 Å². The van der Waals surface area contributed by atoms with E-state index in [1.54, 1.807) is 18.2 Å². The number of rotatable bonds is 3. The Labute approximate surface area is 112 Å². The molecule has 0 aliphatic carbocycles. The second kappa shape index (κ2) is 4.70. The minimum atomic E-state index is -1.02. The van der Waals surface area contributed by atoms with Crippen molar-refractivity contribution in [3.63, 3.8) is 0 Å². The van der Waals surface area contributed by atoms with Crippen molar-refractivity contribution in [2.75, 3.05) is 0 Å². The van der Waals surface area contributed by atoms with Crippen molar-refractivity contribution in [2.45, 2.75) is 0 Å². The van der Waals surface area contributed by atoms with Crippen LogP contribution in [-0.4, -0.2) is 16.1 Å². The first-order valence-corrected chi connectivity index (χ1v) is 6.41. The van der Waals surface area contributed by atoms with Crippen LogP contribution in [0.5, 0.6) is 10.9 Å². The lowest BCUT2D eigenvalue weighted by Gasteiger charge is -2.04. The number of thiazole rings is 1. The first-order valence-electron chi connectivity index (χ1n) is 5.60. The van der Waals surface area contributed by atoms with Crippen molar-refractivity contribution >= 4 is 27.5 Å². The van der Waals surface area contributed by atoms with E-state index in [4.69, 9.17) is 9.84 Å². The van der Waals surface area contributed by atoms with E-state index >= 15 is 0 Å². The van der Waals surface area contributed by atoms with Crippen LogP contribution in [0.25, 0.3) is 10.2 Å². The molecule has 1 N–H and O–H groups in total. The molecular weight excluding hydrogens is 262 g/mol. The summed E-state index contributed by atoms with van der Waals surface area (Å²) in [5.74, 6) is -0.717. The highest BCUT2D eigenvalue weighted by molar-refractivity contribution is 7.20. The largest absolute Gasteiger partial charge is 0.478 e. The summed E-state index contributed by atoms with van der Waals surface area (Å²) in [5.41, 5.74) is 0.970. The Hall–Kier alpha value is -2.40. The van der Waals surface area contributed by atoms with Crippen LogP contribution in [0.15, 0.2) is 48.5 Å². The van der Waals surface area contributed by atoms with Crippen molar-refractivity contribution in [3.05, 3.63) is 54.1 Å². The second-order valence-corrected chi connectivity index (χ2v) is 4.84. The minimum absolute atomic E-state index is 0.127. The number of hydrogen-bond acceptors (Lipinski definition) is 4. The van der Waals surface area contributed by atoms with Crippen molar-refractivity contribution in [3.8, 4) is 10.9 Å². The third kappa shape index (κ3) is 2.28. The molecule has 3 rings (SSSR count). The number of carbonyl (C=O) groups is 1. The second-order valence-electron chi connectivity index (χ2n) is 3.85. The van der Waals surface area contributed by atoms with Gasteiger partial charge in [0.25, 0.3) is 5.19 Å². The lowest BCUT2D eigenvalue weighted by atomic mass is 10.2. The predicted molar refractivity (Wildman–Crippen MR) is 73.1 cm³/mol. The third-order valence-electron chi connectivity index (χ3n) is 2.59. The Kier molecular flexibility index (Phi) is 2.89. The molecule has 94 valence electrons. The highest BCUT2D eigenvalue weighted by Crippen LogP contribution is 2.32. The fraction of sp³-hybridized carbons (Fsp3) is 0. The first-order chi connectivity index (χ1) is 9.24. The molecule has 0 spiro atoms. The predicted octanol–water partition coefficient (Wildman–Crippen LogP) is 3.79. The van der Waals surface area contributed by atoms with Gasteiger partial charge >= 0.3 is 5.97 Å². The zero-order chi connectivity index (χ0) is 13.2. The van der Waals surface area contributed by atoms with Crippen LogP contribution >= 0.6 is 11.3 Å². The minimum Gasteiger partial charge on any atom is -0.478 e. The number of para-hydroxylation sites is 2. The number of ether oxygens (including phenoxy) is 1. The van der Waals surface area contributed by atoms with E-state index in [0.29, 0.717) is 10.9 Å². The molecule has 4 nitrogen and oxygen atoms in total. The Morgan fingerprint density at radius 3 is 2.63 bits per heavy atom. The number of benzene rings is 2. The van der Waals surface area contributed by atoms with Gasteiger partial charge in [-0.05, 0) is 24.3 Å². The molecule has 0 bridgehead atoms. The molecule has 1 heterocycles. The molecule has 3 aromatic rings. The van der Waals surface area contributed by atoms with Gasteiger partial charge in [0.15, 0.2) is 0 Å². The Balaban J connectivity index is 1.99. The van der Waals surface area contributed by atoms with Crippen molar-refractivity contribution in [2.24, 2.45) is 0 Å². The Bertz CT molecular complexity index is 718. The molecule has 0 radical (unpaired) electrons. The molecule has 2 aromatic carbocycles. The lowest BCUT2D eigenvalue weighted by Crippen LogP contribution is -1.99. The molecule has 0 atom stereocenters. The van der Waals surface area contributed by atoms with Gasteiger partial charge in [-0.1, -0.05) is 35.6 Å². The number of carboxylic acid groups (broad SMARTS) is 1. The molecule has 5 heteroatoms. The van der Waals surface area contributed by atoms with Gasteiger partial charge < -0.3 is 9.84 Å². The van der Waals surface area contributed by atoms with Gasteiger partial charge in [0, 0.05) is 0 Å². The maximum Gasteiger partial charge on any atom is 0.339 e. The summed E-state index contributed by atoms with van der Waals surface area (Å²) in [4.78, 5) is 15.4. The van der Waals surface area contributed by atoms with Crippen LogP contribution in [0.1, 0.15) is 10.4 Å². The van der Waals surface area contributed by atoms with Crippen molar-refractivity contribution < 1.29 is 14.6 Å². The zero-order valence-corrected chi connectivity index (χ0v) is 10.6. The van der Waals surface area contributed by atoms with Gasteiger partial charge in [-0.25, -0.2) is 9.78 Å². The summed E-state index contributed by atoms with van der Waals surface area (Å²) < 4.78 is 6.59. The smallest absolute Gasteiger partial charge is 0.339 e. The first kappa shape index (κ1) is 11.7. The normalized spacial score (nSPS) is 10.5. The fourth-order valence-electron chi connectivity index (χ4n) is 1.72. The zero-order valence-electron chi connectivity index (χ0n) is 9.74. The van der Waals surface area contributed by atoms with Gasteiger partial charge in [0.2, 0.25) is 0 Å². The summed E-state index contributed by atoms with van der Waals surface area (Å²) in [5, 5.41) is 9.53. The highest BCUT2D eigenvalue weighted by Gasteiger charge is 2.13. The van der Waals surface area contributed by atoms with Crippen LogP contribution in [0.3, 0.4) is 0 Å². The van der Waals surface area contributed by atoms with Crippen LogP contribution in [0.2, 0.25) is 0 Å². The lowest BCUT2D eigenvalue weighted by molar-refractivity contribution is 0.0694. The number of fused-ring (bicyclic) bond motifs is 1. The van der Waals surface area contributed by atoms with Crippen LogP contribution in [0.4, 0.5) is 0 Å². The summed E-state index contributed by atoms with van der Waals surface area (Å²) in [6.45, 7) is 0. The van der Waals surface area contributed by atoms with Crippen LogP contribution in [-0.2, 0) is 0 Å². The molecule has 0 aliphatic rings. The monoisotopic (exact) mass is 271 g/mol.